The molecule has 0 aromatic carbocycles. The van der Waals surface area contributed by atoms with Crippen LogP contribution >= 0.6 is 31.9 Å². The van der Waals surface area contributed by atoms with Gasteiger partial charge in [0.1, 0.15) is 21.3 Å². The second kappa shape index (κ2) is 12.4. The normalized spacial score (nSPS) is 24.9. The lowest BCUT2D eigenvalue weighted by Gasteiger charge is -2.47. The van der Waals surface area contributed by atoms with Crippen LogP contribution in [0.1, 0.15) is 60.3 Å². The number of carbonyl (C=O) groups excluding carboxylic acids is 1. The molecular weight excluding hydrogens is 660 g/mol. The number of Topliss-reactive ketones (excluding diaryl/α,β-unsaturated/α-hetero) is 1. The molecule has 2 aromatic heterocycles. The second-order valence-electron chi connectivity index (χ2n) is 10.8. The summed E-state index contributed by atoms with van der Waals surface area (Å²) in [6.07, 6.45) is -0.570. The van der Waals surface area contributed by atoms with Crippen molar-refractivity contribution in [1.82, 2.24) is 19.8 Å². The summed E-state index contributed by atoms with van der Waals surface area (Å²) in [5.74, 6) is -6.71. The predicted octanol–water partition coefficient (Wildman–Crippen LogP) is 5.09. The number of likely N-dealkylation sites (tertiary alicyclic amines) is 2. The summed E-state index contributed by atoms with van der Waals surface area (Å²) in [6.45, 7) is 2.13. The molecule has 7 nitrogen and oxygen atoms in total. The Labute approximate surface area is 248 Å². The van der Waals surface area contributed by atoms with Crippen LogP contribution in [0.4, 0.5) is 17.6 Å². The molecule has 2 aromatic rings. The molecule has 4 rings (SSSR count). The van der Waals surface area contributed by atoms with Crippen LogP contribution in [-0.2, 0) is 4.79 Å². The number of ketones is 1. The van der Waals surface area contributed by atoms with E-state index >= 15 is 0 Å². The number of nitrogens with zero attached hydrogens (tertiary/aromatic N) is 4. The fourth-order valence-corrected chi connectivity index (χ4v) is 6.45. The van der Waals surface area contributed by atoms with Crippen molar-refractivity contribution in [3.8, 4) is 0 Å². The molecule has 4 atom stereocenters. The lowest BCUT2D eigenvalue weighted by Crippen LogP contribution is -2.58. The molecule has 40 heavy (non-hydrogen) atoms. The summed E-state index contributed by atoms with van der Waals surface area (Å²) in [7, 11) is 0. The zero-order chi connectivity index (χ0) is 29.4. The third-order valence-electron chi connectivity index (χ3n) is 7.92. The number of rotatable bonds is 8. The summed E-state index contributed by atoms with van der Waals surface area (Å²) in [6, 6.07) is 3.19. The van der Waals surface area contributed by atoms with E-state index in [2.05, 4.69) is 41.8 Å². The lowest BCUT2D eigenvalue weighted by molar-refractivity contribution is -0.147. The molecule has 2 aliphatic rings. The molecule has 2 saturated heterocycles. The van der Waals surface area contributed by atoms with Gasteiger partial charge in [0.15, 0.2) is 5.78 Å². The van der Waals surface area contributed by atoms with Crippen LogP contribution in [0.3, 0.4) is 0 Å². The van der Waals surface area contributed by atoms with E-state index in [1.54, 1.807) is 38.1 Å². The highest BCUT2D eigenvalue weighted by molar-refractivity contribution is 9.10. The van der Waals surface area contributed by atoms with Crippen LogP contribution in [0, 0.1) is 13.8 Å². The Hall–Kier alpha value is -1.51. The van der Waals surface area contributed by atoms with Gasteiger partial charge in [-0.15, -0.1) is 0 Å². The molecule has 2 aliphatic heterocycles. The summed E-state index contributed by atoms with van der Waals surface area (Å²) < 4.78 is 60.5. The number of pyridine rings is 2. The maximum Gasteiger partial charge on any atom is 0.260 e. The van der Waals surface area contributed by atoms with Gasteiger partial charge in [0.25, 0.3) is 11.8 Å². The van der Waals surface area contributed by atoms with E-state index in [1.807, 2.05) is 0 Å². The Balaban J connectivity index is 1.95. The van der Waals surface area contributed by atoms with E-state index in [0.29, 0.717) is 20.3 Å². The van der Waals surface area contributed by atoms with Crippen molar-refractivity contribution in [3.63, 3.8) is 0 Å². The van der Waals surface area contributed by atoms with Crippen molar-refractivity contribution >= 4 is 37.6 Å². The Morgan fingerprint density at radius 1 is 0.850 bits per heavy atom. The number of nitrogens with two attached hydrogens (primary N) is 2. The third-order valence-corrected chi connectivity index (χ3v) is 8.80. The fourth-order valence-electron chi connectivity index (χ4n) is 5.80. The number of hydrogen-bond acceptors (Lipinski definition) is 7. The molecule has 0 bridgehead atoms. The van der Waals surface area contributed by atoms with Crippen molar-refractivity contribution in [2.75, 3.05) is 26.2 Å². The second-order valence-corrected chi connectivity index (χ2v) is 12.4. The van der Waals surface area contributed by atoms with E-state index in [1.165, 1.54) is 9.80 Å². The summed E-state index contributed by atoms with van der Waals surface area (Å²) in [5.41, 5.74) is 13.8. The average molecular weight is 694 g/mol. The van der Waals surface area contributed by atoms with Gasteiger partial charge in [-0.05, 0) is 81.8 Å². The van der Waals surface area contributed by atoms with Crippen molar-refractivity contribution < 1.29 is 22.4 Å². The number of aryl methyl sites for hydroxylation is 2. The number of carbonyl (C=O) groups is 1. The Morgan fingerprint density at radius 2 is 1.23 bits per heavy atom. The molecular formula is C27H34Br2F4N6O. The molecule has 0 aliphatic carbocycles. The smallest absolute Gasteiger partial charge is 0.260 e. The molecule has 4 heterocycles. The van der Waals surface area contributed by atoms with Crippen molar-refractivity contribution in [2.24, 2.45) is 11.5 Å². The van der Waals surface area contributed by atoms with Crippen molar-refractivity contribution in [3.05, 3.63) is 56.0 Å². The van der Waals surface area contributed by atoms with Gasteiger partial charge in [-0.3, -0.25) is 14.6 Å². The lowest BCUT2D eigenvalue weighted by atomic mass is 9.86. The average Bonchev–Trinajstić information content (AvgIpc) is 2.88. The molecule has 4 N–H and O–H groups in total. The first-order valence-corrected chi connectivity index (χ1v) is 14.8. The first-order chi connectivity index (χ1) is 18.8. The number of alkyl halides is 4. The summed E-state index contributed by atoms with van der Waals surface area (Å²) >= 11 is 6.70. The van der Waals surface area contributed by atoms with Gasteiger partial charge < -0.3 is 11.5 Å². The molecule has 0 radical (unpaired) electrons. The van der Waals surface area contributed by atoms with Gasteiger partial charge in [-0.1, -0.05) is 12.1 Å². The Morgan fingerprint density at radius 3 is 1.57 bits per heavy atom. The number of aromatic nitrogens is 2. The van der Waals surface area contributed by atoms with Crippen LogP contribution in [0.2, 0.25) is 0 Å². The zero-order valence-electron chi connectivity index (χ0n) is 22.4. The van der Waals surface area contributed by atoms with E-state index in [9.17, 15) is 22.4 Å². The number of hydrogen-bond donors (Lipinski definition) is 2. The van der Waals surface area contributed by atoms with Crippen LogP contribution in [0.15, 0.2) is 33.5 Å². The standard InChI is InChI=1S/C27H34Br2F4N6O/c1-15-3-5-19(28)36-21(15)23(38-13-26(30,31)9-7-17(38)11-34)25(40)24(22-16(2)4-6-20(29)37-22)39-14-27(32,33)10-8-18(39)12-35/h3-6,17-18,23-24H,7-14,34-35H2,1-2H3/t17?,18?,23-,24-/m1/s1. The highest BCUT2D eigenvalue weighted by Crippen LogP contribution is 2.43. The minimum atomic E-state index is -3.07. The van der Waals surface area contributed by atoms with Crippen LogP contribution < -0.4 is 11.5 Å². The van der Waals surface area contributed by atoms with Crippen LogP contribution in [0.5, 0.6) is 0 Å². The Bertz CT molecular complexity index is 1140. The first kappa shape index (κ1) is 31.4. The van der Waals surface area contributed by atoms with E-state index < -0.39 is 54.9 Å². The van der Waals surface area contributed by atoms with Gasteiger partial charge in [0.05, 0.1) is 24.5 Å². The first-order valence-electron chi connectivity index (χ1n) is 13.2. The van der Waals surface area contributed by atoms with Gasteiger partial charge in [0.2, 0.25) is 0 Å². The highest BCUT2D eigenvalue weighted by Gasteiger charge is 2.51. The summed E-state index contributed by atoms with van der Waals surface area (Å²) in [4.78, 5) is 26.9. The monoisotopic (exact) mass is 692 g/mol. The molecule has 0 saturated carbocycles. The zero-order valence-corrected chi connectivity index (χ0v) is 25.6. The van der Waals surface area contributed by atoms with Crippen molar-refractivity contribution in [2.45, 2.75) is 75.5 Å². The fraction of sp³-hybridized carbons (Fsp3) is 0.593. The van der Waals surface area contributed by atoms with Gasteiger partial charge in [0, 0.05) is 38.0 Å². The van der Waals surface area contributed by atoms with Crippen molar-refractivity contribution in [1.29, 1.82) is 0 Å². The maximum absolute atomic E-state index is 14.9. The minimum absolute atomic E-state index is 0.0406. The number of piperidine rings is 2. The SMILES string of the molecule is Cc1ccc(Br)nc1[C@H](C(=O)[C@@H](c1nc(Br)ccc1C)N1CC(F)(F)CCC1CN)N1CC(F)(F)CCC1CN. The third kappa shape index (κ3) is 6.75. The van der Waals surface area contributed by atoms with E-state index in [-0.39, 0.29) is 50.2 Å². The van der Waals surface area contributed by atoms with Crippen LogP contribution in [-0.4, -0.2) is 75.7 Å². The molecule has 2 unspecified atom stereocenters. The largest absolute Gasteiger partial charge is 0.329 e. The van der Waals surface area contributed by atoms with E-state index in [0.717, 1.165) is 0 Å². The molecule has 13 heteroatoms. The molecule has 0 amide bonds. The van der Waals surface area contributed by atoms with Gasteiger partial charge in [-0.2, -0.15) is 0 Å². The highest BCUT2D eigenvalue weighted by atomic mass is 79.9. The quantitative estimate of drug-likeness (QED) is 0.294. The predicted molar refractivity (Wildman–Crippen MR) is 151 cm³/mol. The molecule has 2 fully saturated rings. The maximum atomic E-state index is 14.9. The molecule has 0 spiro atoms. The van der Waals surface area contributed by atoms with Gasteiger partial charge in [-0.25, -0.2) is 27.5 Å². The van der Waals surface area contributed by atoms with Gasteiger partial charge >= 0.3 is 0 Å². The summed E-state index contributed by atoms with van der Waals surface area (Å²) in [5, 5.41) is 0. The molecule has 220 valence electrons. The van der Waals surface area contributed by atoms with E-state index in [4.69, 9.17) is 11.5 Å². The van der Waals surface area contributed by atoms with Crippen LogP contribution in [0.25, 0.3) is 0 Å². The minimum Gasteiger partial charge on any atom is -0.329 e. The Kier molecular flexibility index (Phi) is 9.73. The topological polar surface area (TPSA) is 101 Å². The number of halogens is 6.